The average Bonchev–Trinajstić information content (AvgIpc) is 3.00. The number of aromatic nitrogens is 1. The molecule has 0 amide bonds. The van der Waals surface area contributed by atoms with Crippen LogP contribution in [-0.4, -0.2) is 35.6 Å². The Labute approximate surface area is 121 Å². The first-order chi connectivity index (χ1) is 9.86. The molecule has 0 spiro atoms. The fraction of sp³-hybridized carbons (Fsp3) is 0.471. The van der Waals surface area contributed by atoms with E-state index in [-0.39, 0.29) is 0 Å². The summed E-state index contributed by atoms with van der Waals surface area (Å²) in [6.07, 6.45) is 4.56. The minimum Gasteiger partial charge on any atom is -0.313 e. The van der Waals surface area contributed by atoms with E-state index < -0.39 is 0 Å². The molecule has 1 N–H and O–H groups in total. The number of rotatable bonds is 5. The van der Waals surface area contributed by atoms with Gasteiger partial charge >= 0.3 is 0 Å². The van der Waals surface area contributed by atoms with E-state index in [2.05, 4.69) is 52.5 Å². The van der Waals surface area contributed by atoms with Gasteiger partial charge in [-0.15, -0.1) is 0 Å². The lowest BCUT2D eigenvalue weighted by Gasteiger charge is -2.24. The normalized spacial score (nSPS) is 19.0. The highest BCUT2D eigenvalue weighted by Crippen LogP contribution is 2.18. The van der Waals surface area contributed by atoms with Crippen LogP contribution in [0.3, 0.4) is 0 Å². The van der Waals surface area contributed by atoms with Crippen LogP contribution in [0.2, 0.25) is 0 Å². The van der Waals surface area contributed by atoms with Gasteiger partial charge in [0.05, 0.1) is 5.52 Å². The van der Waals surface area contributed by atoms with Crippen LogP contribution in [0.25, 0.3) is 10.9 Å². The lowest BCUT2D eigenvalue weighted by Crippen LogP contribution is -2.37. The molecular formula is C17H23N3. The first-order valence-electron chi connectivity index (χ1n) is 7.65. The molecule has 20 heavy (non-hydrogen) atoms. The second-order valence-corrected chi connectivity index (χ2v) is 5.61. The van der Waals surface area contributed by atoms with Crippen molar-refractivity contribution < 1.29 is 0 Å². The standard InChI is InChI=1S/C17H23N3/c1-2-20(13-15-6-5-10-18-15)12-14-9-11-19-17-8-4-3-7-16(14)17/h3-4,7-9,11,15,18H,2,5-6,10,12-13H2,1H3. The Morgan fingerprint density at radius 3 is 3.00 bits per heavy atom. The van der Waals surface area contributed by atoms with Gasteiger partial charge in [-0.1, -0.05) is 25.1 Å². The van der Waals surface area contributed by atoms with E-state index >= 15 is 0 Å². The number of fused-ring (bicyclic) bond motifs is 1. The largest absolute Gasteiger partial charge is 0.313 e. The highest BCUT2D eigenvalue weighted by Gasteiger charge is 2.17. The number of nitrogens with one attached hydrogen (secondary N) is 1. The lowest BCUT2D eigenvalue weighted by molar-refractivity contribution is 0.254. The maximum atomic E-state index is 4.45. The summed E-state index contributed by atoms with van der Waals surface area (Å²) < 4.78 is 0. The summed E-state index contributed by atoms with van der Waals surface area (Å²) in [7, 11) is 0. The minimum atomic E-state index is 0.669. The molecular weight excluding hydrogens is 246 g/mol. The first kappa shape index (κ1) is 13.5. The molecule has 2 aromatic rings. The highest BCUT2D eigenvalue weighted by molar-refractivity contribution is 5.81. The topological polar surface area (TPSA) is 28.2 Å². The van der Waals surface area contributed by atoms with Crippen molar-refractivity contribution in [1.82, 2.24) is 15.2 Å². The van der Waals surface area contributed by atoms with Crippen molar-refractivity contribution in [1.29, 1.82) is 0 Å². The Morgan fingerprint density at radius 1 is 1.30 bits per heavy atom. The molecule has 2 heterocycles. The number of likely N-dealkylation sites (N-methyl/N-ethyl adjacent to an activating group) is 1. The van der Waals surface area contributed by atoms with Gasteiger partial charge in [0.15, 0.2) is 0 Å². The van der Waals surface area contributed by atoms with Crippen molar-refractivity contribution >= 4 is 10.9 Å². The van der Waals surface area contributed by atoms with Gasteiger partial charge in [-0.25, -0.2) is 0 Å². The molecule has 1 aromatic heterocycles. The van der Waals surface area contributed by atoms with E-state index in [9.17, 15) is 0 Å². The van der Waals surface area contributed by atoms with Gasteiger partial charge in [-0.3, -0.25) is 9.88 Å². The summed E-state index contributed by atoms with van der Waals surface area (Å²) >= 11 is 0. The summed E-state index contributed by atoms with van der Waals surface area (Å²) in [5, 5.41) is 4.88. The Kier molecular flexibility index (Phi) is 4.28. The number of para-hydroxylation sites is 1. The van der Waals surface area contributed by atoms with E-state index in [4.69, 9.17) is 0 Å². The summed E-state index contributed by atoms with van der Waals surface area (Å²) in [5.74, 6) is 0. The molecule has 0 aliphatic carbocycles. The third kappa shape index (κ3) is 3.00. The van der Waals surface area contributed by atoms with Gasteiger partial charge in [0.2, 0.25) is 0 Å². The molecule has 1 unspecified atom stereocenters. The number of hydrogen-bond donors (Lipinski definition) is 1. The van der Waals surface area contributed by atoms with Crippen molar-refractivity contribution in [2.45, 2.75) is 32.4 Å². The zero-order chi connectivity index (χ0) is 13.8. The van der Waals surface area contributed by atoms with Crippen molar-refractivity contribution in [3.8, 4) is 0 Å². The second-order valence-electron chi connectivity index (χ2n) is 5.61. The van der Waals surface area contributed by atoms with Gasteiger partial charge in [0.25, 0.3) is 0 Å². The van der Waals surface area contributed by atoms with E-state index in [1.807, 2.05) is 6.20 Å². The predicted octanol–water partition coefficient (Wildman–Crippen LogP) is 2.81. The van der Waals surface area contributed by atoms with E-state index in [0.717, 1.165) is 25.2 Å². The second kappa shape index (κ2) is 6.33. The van der Waals surface area contributed by atoms with Crippen molar-refractivity contribution in [3.05, 3.63) is 42.1 Å². The number of pyridine rings is 1. The Bertz CT molecular complexity index is 556. The lowest BCUT2D eigenvalue weighted by atomic mass is 10.1. The van der Waals surface area contributed by atoms with Crippen molar-refractivity contribution in [2.75, 3.05) is 19.6 Å². The molecule has 1 saturated heterocycles. The summed E-state index contributed by atoms with van der Waals surface area (Å²) in [6, 6.07) is 11.3. The van der Waals surface area contributed by atoms with Crippen LogP contribution in [-0.2, 0) is 6.54 Å². The number of nitrogens with zero attached hydrogens (tertiary/aromatic N) is 2. The van der Waals surface area contributed by atoms with Gasteiger partial charge in [0, 0.05) is 30.7 Å². The fourth-order valence-corrected chi connectivity index (χ4v) is 3.06. The summed E-state index contributed by atoms with van der Waals surface area (Å²) in [4.78, 5) is 6.98. The van der Waals surface area contributed by atoms with Crippen LogP contribution in [0.4, 0.5) is 0 Å². The third-order valence-corrected chi connectivity index (χ3v) is 4.22. The molecule has 1 aliphatic rings. The molecule has 0 radical (unpaired) electrons. The van der Waals surface area contributed by atoms with Gasteiger partial charge in [0.1, 0.15) is 0 Å². The van der Waals surface area contributed by atoms with Crippen LogP contribution in [0.1, 0.15) is 25.3 Å². The third-order valence-electron chi connectivity index (χ3n) is 4.22. The van der Waals surface area contributed by atoms with Gasteiger partial charge < -0.3 is 5.32 Å². The van der Waals surface area contributed by atoms with E-state index in [1.54, 1.807) is 0 Å². The highest BCUT2D eigenvalue weighted by atomic mass is 15.1. The van der Waals surface area contributed by atoms with Crippen LogP contribution in [0, 0.1) is 0 Å². The molecule has 1 aromatic carbocycles. The van der Waals surface area contributed by atoms with Crippen LogP contribution in [0.15, 0.2) is 36.5 Å². The molecule has 1 atom stereocenters. The Balaban J connectivity index is 1.76. The minimum absolute atomic E-state index is 0.669. The van der Waals surface area contributed by atoms with Gasteiger partial charge in [-0.05, 0) is 43.6 Å². The van der Waals surface area contributed by atoms with Crippen molar-refractivity contribution in [3.63, 3.8) is 0 Å². The average molecular weight is 269 g/mol. The van der Waals surface area contributed by atoms with E-state index in [1.165, 1.54) is 30.3 Å². The summed E-state index contributed by atoms with van der Waals surface area (Å²) in [6.45, 7) is 6.68. The first-order valence-corrected chi connectivity index (χ1v) is 7.65. The molecule has 106 valence electrons. The summed E-state index contributed by atoms with van der Waals surface area (Å²) in [5.41, 5.74) is 2.48. The maximum Gasteiger partial charge on any atom is 0.0705 e. The predicted molar refractivity (Wildman–Crippen MR) is 83.7 cm³/mol. The molecule has 1 fully saturated rings. The molecule has 3 nitrogen and oxygen atoms in total. The van der Waals surface area contributed by atoms with Crippen molar-refractivity contribution in [2.24, 2.45) is 0 Å². The Hall–Kier alpha value is -1.45. The monoisotopic (exact) mass is 269 g/mol. The van der Waals surface area contributed by atoms with Crippen LogP contribution < -0.4 is 5.32 Å². The zero-order valence-corrected chi connectivity index (χ0v) is 12.2. The fourth-order valence-electron chi connectivity index (χ4n) is 3.06. The molecule has 3 heteroatoms. The Morgan fingerprint density at radius 2 is 2.20 bits per heavy atom. The smallest absolute Gasteiger partial charge is 0.0705 e. The van der Waals surface area contributed by atoms with Crippen LogP contribution in [0.5, 0.6) is 0 Å². The molecule has 3 rings (SSSR count). The SMILES string of the molecule is CCN(Cc1ccnc2ccccc12)CC1CCCN1. The number of benzene rings is 1. The van der Waals surface area contributed by atoms with Gasteiger partial charge in [-0.2, -0.15) is 0 Å². The molecule has 0 bridgehead atoms. The molecule has 1 aliphatic heterocycles. The zero-order valence-electron chi connectivity index (χ0n) is 12.2. The quantitative estimate of drug-likeness (QED) is 0.904. The number of hydrogen-bond acceptors (Lipinski definition) is 3. The molecule has 0 saturated carbocycles. The maximum absolute atomic E-state index is 4.45. The van der Waals surface area contributed by atoms with E-state index in [0.29, 0.717) is 6.04 Å². The van der Waals surface area contributed by atoms with Crippen LogP contribution >= 0.6 is 0 Å².